The smallest absolute Gasteiger partial charge is 0.142 e. The van der Waals surface area contributed by atoms with E-state index in [1.54, 1.807) is 12.4 Å². The summed E-state index contributed by atoms with van der Waals surface area (Å²) in [6, 6.07) is 2.68. The molecule has 1 heterocycles. The second-order valence-corrected chi connectivity index (χ2v) is 4.44. The Hall–Kier alpha value is -0.800. The van der Waals surface area contributed by atoms with E-state index in [1.165, 1.54) is 12.8 Å². The molecule has 0 bridgehead atoms. The average molecular weight is 241 g/mol. The van der Waals surface area contributed by atoms with Gasteiger partial charge in [-0.2, -0.15) is 0 Å². The first-order valence-electron chi connectivity index (χ1n) is 5.63. The molecule has 0 unspecified atom stereocenters. The third kappa shape index (κ3) is 3.09. The van der Waals surface area contributed by atoms with E-state index in [9.17, 15) is 0 Å². The Labute approximate surface area is 101 Å². The second-order valence-electron chi connectivity index (χ2n) is 4.18. The van der Waals surface area contributed by atoms with Crippen LogP contribution in [0.5, 0.6) is 5.75 Å². The van der Waals surface area contributed by atoms with Crippen molar-refractivity contribution < 1.29 is 4.74 Å². The Bertz CT molecular complexity index is 342. The lowest BCUT2D eigenvalue weighted by molar-refractivity contribution is 0.230. The van der Waals surface area contributed by atoms with Crippen molar-refractivity contribution in [1.82, 2.24) is 9.88 Å². The van der Waals surface area contributed by atoms with Crippen LogP contribution in [0, 0.1) is 0 Å². The Morgan fingerprint density at radius 2 is 2.38 bits per heavy atom. The summed E-state index contributed by atoms with van der Waals surface area (Å²) in [5.74, 6) is 1.28. The molecule has 3 nitrogen and oxygen atoms in total. The first-order valence-corrected chi connectivity index (χ1v) is 6.16. The van der Waals surface area contributed by atoms with Gasteiger partial charge in [-0.1, -0.05) is 0 Å². The van der Waals surface area contributed by atoms with Crippen LogP contribution >= 0.6 is 11.6 Å². The molecule has 4 heteroatoms. The molecule has 0 saturated heterocycles. The lowest BCUT2D eigenvalue weighted by Gasteiger charge is -2.16. The SMILES string of the molecule is CN(CCOc1cnccc1CCl)C1CC1. The van der Waals surface area contributed by atoms with Gasteiger partial charge in [-0.15, -0.1) is 11.6 Å². The van der Waals surface area contributed by atoms with Crippen molar-refractivity contribution in [2.45, 2.75) is 24.8 Å². The number of pyridine rings is 1. The maximum atomic E-state index is 5.82. The van der Waals surface area contributed by atoms with Crippen LogP contribution in [0.25, 0.3) is 0 Å². The van der Waals surface area contributed by atoms with Crippen molar-refractivity contribution in [1.29, 1.82) is 0 Å². The monoisotopic (exact) mass is 240 g/mol. The van der Waals surface area contributed by atoms with Crippen LogP contribution in [0.2, 0.25) is 0 Å². The minimum absolute atomic E-state index is 0.469. The third-order valence-corrected chi connectivity index (χ3v) is 3.17. The van der Waals surface area contributed by atoms with E-state index in [2.05, 4.69) is 16.9 Å². The maximum absolute atomic E-state index is 5.82. The number of halogens is 1. The summed E-state index contributed by atoms with van der Waals surface area (Å²) in [7, 11) is 2.15. The van der Waals surface area contributed by atoms with Gasteiger partial charge in [-0.25, -0.2) is 0 Å². The van der Waals surface area contributed by atoms with Crippen molar-refractivity contribution in [3.63, 3.8) is 0 Å². The molecule has 0 amide bonds. The quantitative estimate of drug-likeness (QED) is 0.714. The number of likely N-dealkylation sites (N-methyl/N-ethyl adjacent to an activating group) is 1. The zero-order chi connectivity index (χ0) is 11.4. The van der Waals surface area contributed by atoms with Gasteiger partial charge >= 0.3 is 0 Å². The Kier molecular flexibility index (Phi) is 4.02. The van der Waals surface area contributed by atoms with Gasteiger partial charge in [0.15, 0.2) is 0 Å². The van der Waals surface area contributed by atoms with Crippen LogP contribution in [-0.4, -0.2) is 36.1 Å². The van der Waals surface area contributed by atoms with Crippen molar-refractivity contribution in [2.24, 2.45) is 0 Å². The highest BCUT2D eigenvalue weighted by molar-refractivity contribution is 6.17. The molecule has 88 valence electrons. The maximum Gasteiger partial charge on any atom is 0.142 e. The zero-order valence-electron chi connectivity index (χ0n) is 9.53. The lowest BCUT2D eigenvalue weighted by Crippen LogP contribution is -2.26. The fraction of sp³-hybridized carbons (Fsp3) is 0.583. The van der Waals surface area contributed by atoms with Crippen LogP contribution in [-0.2, 0) is 5.88 Å². The molecule has 1 aliphatic carbocycles. The van der Waals surface area contributed by atoms with Crippen molar-refractivity contribution in [3.05, 3.63) is 24.0 Å². The zero-order valence-corrected chi connectivity index (χ0v) is 10.3. The van der Waals surface area contributed by atoms with Crippen molar-refractivity contribution >= 4 is 11.6 Å². The van der Waals surface area contributed by atoms with Gasteiger partial charge in [0.1, 0.15) is 12.4 Å². The van der Waals surface area contributed by atoms with Crippen molar-refractivity contribution in [3.8, 4) is 5.75 Å². The molecule has 0 aliphatic heterocycles. The molecule has 16 heavy (non-hydrogen) atoms. The molecule has 1 saturated carbocycles. The second kappa shape index (κ2) is 5.51. The minimum Gasteiger partial charge on any atom is -0.490 e. The Morgan fingerprint density at radius 3 is 3.06 bits per heavy atom. The Morgan fingerprint density at radius 1 is 1.56 bits per heavy atom. The van der Waals surface area contributed by atoms with Gasteiger partial charge in [-0.05, 0) is 26.0 Å². The first kappa shape index (κ1) is 11.7. The number of aromatic nitrogens is 1. The molecule has 1 fully saturated rings. The van der Waals surface area contributed by atoms with E-state index in [1.807, 2.05) is 6.07 Å². The van der Waals surface area contributed by atoms with Crippen LogP contribution in [0.4, 0.5) is 0 Å². The third-order valence-electron chi connectivity index (χ3n) is 2.89. The summed E-state index contributed by atoms with van der Waals surface area (Å²) in [5.41, 5.74) is 1.01. The van der Waals surface area contributed by atoms with E-state index < -0.39 is 0 Å². The van der Waals surface area contributed by atoms with Gasteiger partial charge in [-0.3, -0.25) is 4.98 Å². The molecule has 0 N–H and O–H groups in total. The van der Waals surface area contributed by atoms with Crippen molar-refractivity contribution in [2.75, 3.05) is 20.2 Å². The van der Waals surface area contributed by atoms with E-state index in [4.69, 9.17) is 16.3 Å². The molecule has 1 aromatic rings. The molecule has 1 aliphatic rings. The fourth-order valence-corrected chi connectivity index (χ4v) is 1.87. The highest BCUT2D eigenvalue weighted by Crippen LogP contribution is 2.25. The number of nitrogens with zero attached hydrogens (tertiary/aromatic N) is 2. The lowest BCUT2D eigenvalue weighted by atomic mass is 10.3. The van der Waals surface area contributed by atoms with E-state index >= 15 is 0 Å². The van der Waals surface area contributed by atoms with Crippen LogP contribution in [0.1, 0.15) is 18.4 Å². The average Bonchev–Trinajstić information content (AvgIpc) is 3.13. The van der Waals surface area contributed by atoms with Crippen LogP contribution in [0.3, 0.4) is 0 Å². The van der Waals surface area contributed by atoms with E-state index in [0.717, 1.165) is 23.9 Å². The number of rotatable bonds is 6. The first-order chi connectivity index (χ1) is 7.81. The standard InChI is InChI=1S/C12H17ClN2O/c1-15(11-2-3-11)6-7-16-12-9-14-5-4-10(12)8-13/h4-5,9,11H,2-3,6-8H2,1H3. The molecule has 0 aromatic carbocycles. The molecule has 0 atom stereocenters. The largest absolute Gasteiger partial charge is 0.490 e. The predicted molar refractivity (Wildman–Crippen MR) is 64.9 cm³/mol. The van der Waals surface area contributed by atoms with Gasteiger partial charge in [0.05, 0.1) is 12.1 Å². The summed E-state index contributed by atoms with van der Waals surface area (Å²) in [6.45, 7) is 1.66. The number of hydrogen-bond donors (Lipinski definition) is 0. The molecule has 1 aromatic heterocycles. The van der Waals surface area contributed by atoms with Crippen LogP contribution < -0.4 is 4.74 Å². The predicted octanol–water partition coefficient (Wildman–Crippen LogP) is 2.29. The summed E-state index contributed by atoms with van der Waals surface area (Å²) in [4.78, 5) is 6.39. The van der Waals surface area contributed by atoms with Gasteiger partial charge < -0.3 is 9.64 Å². The number of hydrogen-bond acceptors (Lipinski definition) is 3. The van der Waals surface area contributed by atoms with Gasteiger partial charge in [0, 0.05) is 24.3 Å². The number of alkyl halides is 1. The molecular formula is C12H17ClN2O. The summed E-state index contributed by atoms with van der Waals surface area (Å²) < 4.78 is 5.69. The highest BCUT2D eigenvalue weighted by atomic mass is 35.5. The number of ether oxygens (including phenoxy) is 1. The van der Waals surface area contributed by atoms with E-state index in [-0.39, 0.29) is 0 Å². The Balaban J connectivity index is 1.79. The molecule has 0 spiro atoms. The summed E-state index contributed by atoms with van der Waals surface area (Å²) in [5, 5.41) is 0. The molecule has 0 radical (unpaired) electrons. The summed E-state index contributed by atoms with van der Waals surface area (Å²) in [6.07, 6.45) is 6.13. The highest BCUT2D eigenvalue weighted by Gasteiger charge is 2.25. The summed E-state index contributed by atoms with van der Waals surface area (Å²) >= 11 is 5.82. The fourth-order valence-electron chi connectivity index (χ4n) is 1.65. The minimum atomic E-state index is 0.469. The normalized spacial score (nSPS) is 15.4. The molecular weight excluding hydrogens is 224 g/mol. The van der Waals surface area contributed by atoms with Crippen LogP contribution in [0.15, 0.2) is 18.5 Å². The van der Waals surface area contributed by atoms with Gasteiger partial charge in [0.2, 0.25) is 0 Å². The van der Waals surface area contributed by atoms with Gasteiger partial charge in [0.25, 0.3) is 0 Å². The molecule has 2 rings (SSSR count). The van der Waals surface area contributed by atoms with E-state index in [0.29, 0.717) is 12.5 Å². The topological polar surface area (TPSA) is 25.4 Å².